The van der Waals surface area contributed by atoms with Crippen LogP contribution in [0.4, 0.5) is 10.1 Å². The Hall–Kier alpha value is -1.62. The maximum atomic E-state index is 14.3. The van der Waals surface area contributed by atoms with E-state index in [1.807, 2.05) is 24.8 Å². The molecule has 0 aromatic heterocycles. The van der Waals surface area contributed by atoms with Gasteiger partial charge in [0.2, 0.25) is 0 Å². The molecule has 0 spiro atoms. The first-order chi connectivity index (χ1) is 9.40. The van der Waals surface area contributed by atoms with E-state index in [1.165, 1.54) is 6.07 Å². The summed E-state index contributed by atoms with van der Waals surface area (Å²) in [6.07, 6.45) is -0.0245. The molecular weight excluding hydrogens is 261 g/mol. The van der Waals surface area contributed by atoms with Crippen LogP contribution in [-0.2, 0) is 14.9 Å². The number of hydrogen-bond acceptors (Lipinski definition) is 3. The Morgan fingerprint density at radius 2 is 2.05 bits per heavy atom. The summed E-state index contributed by atoms with van der Waals surface area (Å²) >= 11 is 0. The molecule has 1 saturated heterocycles. The summed E-state index contributed by atoms with van der Waals surface area (Å²) in [7, 11) is 0. The second-order valence-electron chi connectivity index (χ2n) is 5.72. The molecule has 0 unspecified atom stereocenters. The van der Waals surface area contributed by atoms with Crippen molar-refractivity contribution in [3.63, 3.8) is 0 Å². The summed E-state index contributed by atoms with van der Waals surface area (Å²) in [5, 5.41) is 8.92. The zero-order valence-electron chi connectivity index (χ0n) is 11.9. The first-order valence-corrected chi connectivity index (χ1v) is 6.75. The molecule has 0 aliphatic carbocycles. The highest BCUT2D eigenvalue weighted by Gasteiger charge is 2.26. The Bertz CT molecular complexity index is 496. The lowest BCUT2D eigenvalue weighted by molar-refractivity contribution is -0.138. The molecule has 110 valence electrons. The maximum Gasteiger partial charge on any atom is 0.304 e. The molecule has 1 heterocycles. The minimum absolute atomic E-state index is 0.0245. The summed E-state index contributed by atoms with van der Waals surface area (Å²) in [5.74, 6) is -1.18. The third-order valence-electron chi connectivity index (χ3n) is 3.67. The van der Waals surface area contributed by atoms with Gasteiger partial charge in [-0.2, -0.15) is 0 Å². The van der Waals surface area contributed by atoms with Crippen molar-refractivity contribution in [2.75, 3.05) is 31.2 Å². The number of carboxylic acid groups (broad SMARTS) is 1. The van der Waals surface area contributed by atoms with Crippen molar-refractivity contribution in [2.24, 2.45) is 0 Å². The third-order valence-corrected chi connectivity index (χ3v) is 3.67. The second kappa shape index (κ2) is 5.79. The number of aliphatic carboxylic acids is 1. The number of halogens is 1. The number of carboxylic acids is 1. The number of anilines is 1. The fraction of sp³-hybridized carbons (Fsp3) is 0.533. The first-order valence-electron chi connectivity index (χ1n) is 6.75. The number of benzene rings is 1. The van der Waals surface area contributed by atoms with Crippen molar-refractivity contribution in [3.8, 4) is 0 Å². The number of nitrogens with zero attached hydrogens (tertiary/aromatic N) is 1. The molecule has 2 rings (SSSR count). The number of carbonyl (C=O) groups is 1. The third kappa shape index (κ3) is 3.28. The Kier molecular flexibility index (Phi) is 4.28. The monoisotopic (exact) mass is 281 g/mol. The molecular formula is C15H20FNO3. The summed E-state index contributed by atoms with van der Waals surface area (Å²) < 4.78 is 19.5. The van der Waals surface area contributed by atoms with E-state index in [2.05, 4.69) is 0 Å². The fourth-order valence-electron chi connectivity index (χ4n) is 2.47. The van der Waals surface area contributed by atoms with Crippen molar-refractivity contribution in [3.05, 3.63) is 29.6 Å². The van der Waals surface area contributed by atoms with Crippen LogP contribution in [0.2, 0.25) is 0 Å². The Balaban J connectivity index is 2.22. The Labute approximate surface area is 118 Å². The van der Waals surface area contributed by atoms with E-state index in [0.717, 1.165) is 0 Å². The van der Waals surface area contributed by atoms with Crippen LogP contribution in [0.25, 0.3) is 0 Å². The summed E-state index contributed by atoms with van der Waals surface area (Å²) in [6.45, 7) is 6.18. The van der Waals surface area contributed by atoms with Gasteiger partial charge < -0.3 is 14.7 Å². The Morgan fingerprint density at radius 1 is 1.40 bits per heavy atom. The average molecular weight is 281 g/mol. The lowest BCUT2D eigenvalue weighted by atomic mass is 9.81. The van der Waals surface area contributed by atoms with Crippen LogP contribution in [0.1, 0.15) is 25.8 Å². The molecule has 0 atom stereocenters. The van der Waals surface area contributed by atoms with Crippen LogP contribution in [-0.4, -0.2) is 37.4 Å². The average Bonchev–Trinajstić information content (AvgIpc) is 2.38. The molecule has 1 aliphatic rings. The van der Waals surface area contributed by atoms with E-state index in [-0.39, 0.29) is 12.2 Å². The standard InChI is InChI=1S/C15H20FNO3/c1-15(2,10-14(18)19)11-3-4-13(12(16)9-11)17-5-7-20-8-6-17/h3-4,9H,5-8,10H2,1-2H3,(H,18,19). The number of morpholine rings is 1. The second-order valence-corrected chi connectivity index (χ2v) is 5.72. The highest BCUT2D eigenvalue weighted by Crippen LogP contribution is 2.31. The first kappa shape index (κ1) is 14.8. The van der Waals surface area contributed by atoms with Gasteiger partial charge in [0.15, 0.2) is 0 Å². The molecule has 0 bridgehead atoms. The zero-order chi connectivity index (χ0) is 14.8. The van der Waals surface area contributed by atoms with Gasteiger partial charge in [0.1, 0.15) is 5.82 Å². The largest absolute Gasteiger partial charge is 0.481 e. The van der Waals surface area contributed by atoms with E-state index < -0.39 is 11.4 Å². The molecule has 4 nitrogen and oxygen atoms in total. The van der Waals surface area contributed by atoms with E-state index in [1.54, 1.807) is 6.07 Å². The lowest BCUT2D eigenvalue weighted by Crippen LogP contribution is -2.36. The minimum Gasteiger partial charge on any atom is -0.481 e. The predicted molar refractivity (Wildman–Crippen MR) is 74.7 cm³/mol. The van der Waals surface area contributed by atoms with Crippen molar-refractivity contribution in [2.45, 2.75) is 25.7 Å². The van der Waals surface area contributed by atoms with Crippen LogP contribution in [0.3, 0.4) is 0 Å². The van der Waals surface area contributed by atoms with Crippen LogP contribution in [0.15, 0.2) is 18.2 Å². The van der Waals surface area contributed by atoms with Crippen LogP contribution >= 0.6 is 0 Å². The molecule has 5 heteroatoms. The topological polar surface area (TPSA) is 49.8 Å². The quantitative estimate of drug-likeness (QED) is 0.921. The van der Waals surface area contributed by atoms with Gasteiger partial charge >= 0.3 is 5.97 Å². The molecule has 1 fully saturated rings. The van der Waals surface area contributed by atoms with Gasteiger partial charge in [-0.1, -0.05) is 19.9 Å². The van der Waals surface area contributed by atoms with Gasteiger partial charge in [-0.3, -0.25) is 4.79 Å². The van der Waals surface area contributed by atoms with Gasteiger partial charge in [0, 0.05) is 18.5 Å². The van der Waals surface area contributed by atoms with E-state index in [0.29, 0.717) is 37.6 Å². The van der Waals surface area contributed by atoms with E-state index in [4.69, 9.17) is 9.84 Å². The fourth-order valence-corrected chi connectivity index (χ4v) is 2.47. The van der Waals surface area contributed by atoms with Crippen LogP contribution in [0.5, 0.6) is 0 Å². The normalized spacial score (nSPS) is 16.2. The highest BCUT2D eigenvalue weighted by atomic mass is 19.1. The number of ether oxygens (including phenoxy) is 1. The molecule has 1 aliphatic heterocycles. The van der Waals surface area contributed by atoms with Crippen molar-refractivity contribution in [1.29, 1.82) is 0 Å². The summed E-state index contributed by atoms with van der Waals surface area (Å²) in [5.41, 5.74) is 0.675. The Morgan fingerprint density at radius 3 is 2.60 bits per heavy atom. The van der Waals surface area contributed by atoms with E-state index >= 15 is 0 Å². The minimum atomic E-state index is -0.882. The molecule has 1 N–H and O–H groups in total. The molecule has 0 amide bonds. The molecule has 20 heavy (non-hydrogen) atoms. The summed E-state index contributed by atoms with van der Waals surface area (Å²) in [6, 6.07) is 5.00. The van der Waals surface area contributed by atoms with E-state index in [9.17, 15) is 9.18 Å². The predicted octanol–water partition coefficient (Wildman–Crippen LogP) is 2.41. The van der Waals surface area contributed by atoms with Gasteiger partial charge in [-0.05, 0) is 17.7 Å². The molecule has 1 aromatic carbocycles. The maximum absolute atomic E-state index is 14.3. The van der Waals surface area contributed by atoms with Gasteiger partial charge in [0.25, 0.3) is 0 Å². The highest BCUT2D eigenvalue weighted by molar-refractivity contribution is 5.69. The van der Waals surface area contributed by atoms with Gasteiger partial charge in [0.05, 0.1) is 25.3 Å². The van der Waals surface area contributed by atoms with Crippen molar-refractivity contribution in [1.82, 2.24) is 0 Å². The van der Waals surface area contributed by atoms with Gasteiger partial charge in [-0.25, -0.2) is 4.39 Å². The van der Waals surface area contributed by atoms with Crippen molar-refractivity contribution < 1.29 is 19.0 Å². The van der Waals surface area contributed by atoms with Crippen LogP contribution < -0.4 is 4.90 Å². The number of rotatable bonds is 4. The van der Waals surface area contributed by atoms with Crippen molar-refractivity contribution >= 4 is 11.7 Å². The molecule has 0 saturated carbocycles. The molecule has 1 aromatic rings. The number of hydrogen-bond donors (Lipinski definition) is 1. The summed E-state index contributed by atoms with van der Waals surface area (Å²) in [4.78, 5) is 12.8. The smallest absolute Gasteiger partial charge is 0.304 e. The van der Waals surface area contributed by atoms with Gasteiger partial charge in [-0.15, -0.1) is 0 Å². The molecule has 0 radical (unpaired) electrons. The lowest BCUT2D eigenvalue weighted by Gasteiger charge is -2.30. The zero-order valence-corrected chi connectivity index (χ0v) is 11.9. The SMILES string of the molecule is CC(C)(CC(=O)O)c1ccc(N2CCOCC2)c(F)c1. The van der Waals surface area contributed by atoms with Crippen LogP contribution in [0, 0.1) is 5.82 Å².